The summed E-state index contributed by atoms with van der Waals surface area (Å²) in [5.74, 6) is -0.304. The fraction of sp³-hybridized carbons (Fsp3) is 0.278. The Kier molecular flexibility index (Phi) is 4.88. The predicted molar refractivity (Wildman–Crippen MR) is 85.3 cm³/mol. The maximum atomic E-state index is 13.6. The van der Waals surface area contributed by atoms with E-state index in [2.05, 4.69) is 5.32 Å². The van der Waals surface area contributed by atoms with Crippen LogP contribution in [0.3, 0.4) is 0 Å². The molecule has 0 saturated carbocycles. The SMILES string of the molecule is O=C(Nc1ccc(OC[C@H]2CCCO2)cc1)c1ccccc1F. The van der Waals surface area contributed by atoms with Gasteiger partial charge in [-0.15, -0.1) is 0 Å². The molecular weight excluding hydrogens is 297 g/mol. The Morgan fingerprint density at radius 3 is 2.70 bits per heavy atom. The summed E-state index contributed by atoms with van der Waals surface area (Å²) in [7, 11) is 0. The number of ether oxygens (including phenoxy) is 2. The number of carbonyl (C=O) groups is 1. The summed E-state index contributed by atoms with van der Waals surface area (Å²) in [6.45, 7) is 1.33. The second-order valence-electron chi connectivity index (χ2n) is 5.40. The first-order chi connectivity index (χ1) is 11.2. The van der Waals surface area contributed by atoms with Crippen LogP contribution in [0.5, 0.6) is 5.75 Å². The standard InChI is InChI=1S/C18H18FNO3/c19-17-6-2-1-5-16(17)18(21)20-13-7-9-14(10-8-13)23-12-15-4-3-11-22-15/h1-2,5-10,15H,3-4,11-12H2,(H,20,21)/t15-/m1/s1. The second-order valence-corrected chi connectivity index (χ2v) is 5.40. The number of anilines is 1. The van der Waals surface area contributed by atoms with Crippen LogP contribution in [0.2, 0.25) is 0 Å². The second kappa shape index (κ2) is 7.24. The van der Waals surface area contributed by atoms with E-state index in [0.29, 0.717) is 18.0 Å². The fourth-order valence-corrected chi connectivity index (χ4v) is 2.44. The molecule has 3 rings (SSSR count). The molecule has 0 radical (unpaired) electrons. The number of halogens is 1. The highest BCUT2D eigenvalue weighted by molar-refractivity contribution is 6.04. The van der Waals surface area contributed by atoms with Crippen molar-refractivity contribution in [2.24, 2.45) is 0 Å². The number of carbonyl (C=O) groups excluding carboxylic acids is 1. The summed E-state index contributed by atoms with van der Waals surface area (Å²) < 4.78 is 24.7. The first-order valence-electron chi connectivity index (χ1n) is 7.63. The lowest BCUT2D eigenvalue weighted by Gasteiger charge is -2.12. The molecule has 5 heteroatoms. The smallest absolute Gasteiger partial charge is 0.258 e. The molecule has 0 spiro atoms. The summed E-state index contributed by atoms with van der Waals surface area (Å²) in [4.78, 5) is 12.0. The van der Waals surface area contributed by atoms with Gasteiger partial charge >= 0.3 is 0 Å². The summed E-state index contributed by atoms with van der Waals surface area (Å²) >= 11 is 0. The van der Waals surface area contributed by atoms with E-state index in [9.17, 15) is 9.18 Å². The summed E-state index contributed by atoms with van der Waals surface area (Å²) in [6.07, 6.45) is 2.27. The minimum Gasteiger partial charge on any atom is -0.491 e. The van der Waals surface area contributed by atoms with Crippen LogP contribution < -0.4 is 10.1 Å². The average Bonchev–Trinajstić information content (AvgIpc) is 3.08. The van der Waals surface area contributed by atoms with Crippen molar-refractivity contribution in [3.05, 3.63) is 59.9 Å². The van der Waals surface area contributed by atoms with E-state index < -0.39 is 11.7 Å². The molecule has 1 amide bonds. The van der Waals surface area contributed by atoms with E-state index in [1.807, 2.05) is 0 Å². The third kappa shape index (κ3) is 4.07. The third-order valence-electron chi connectivity index (χ3n) is 3.69. The van der Waals surface area contributed by atoms with Crippen LogP contribution in [0.15, 0.2) is 48.5 Å². The van der Waals surface area contributed by atoms with Crippen molar-refractivity contribution in [3.8, 4) is 5.75 Å². The highest BCUT2D eigenvalue weighted by atomic mass is 19.1. The maximum Gasteiger partial charge on any atom is 0.258 e. The van der Waals surface area contributed by atoms with Crippen molar-refractivity contribution in [2.45, 2.75) is 18.9 Å². The van der Waals surface area contributed by atoms with Gasteiger partial charge in [0.25, 0.3) is 5.91 Å². The number of hydrogen-bond acceptors (Lipinski definition) is 3. The zero-order valence-electron chi connectivity index (χ0n) is 12.6. The molecule has 2 aromatic rings. The average molecular weight is 315 g/mol. The molecule has 1 N–H and O–H groups in total. The topological polar surface area (TPSA) is 47.6 Å². The quantitative estimate of drug-likeness (QED) is 0.916. The molecule has 1 aliphatic rings. The Bertz CT molecular complexity index is 666. The normalized spacial score (nSPS) is 17.0. The van der Waals surface area contributed by atoms with E-state index in [1.54, 1.807) is 36.4 Å². The molecule has 1 heterocycles. The minimum atomic E-state index is -0.540. The van der Waals surface area contributed by atoms with Crippen molar-refractivity contribution in [1.29, 1.82) is 0 Å². The van der Waals surface area contributed by atoms with Gasteiger partial charge in [0.1, 0.15) is 18.2 Å². The van der Waals surface area contributed by atoms with Crippen LogP contribution >= 0.6 is 0 Å². The molecule has 0 aliphatic carbocycles. The zero-order chi connectivity index (χ0) is 16.1. The van der Waals surface area contributed by atoms with Gasteiger partial charge in [-0.3, -0.25) is 4.79 Å². The van der Waals surface area contributed by atoms with E-state index in [1.165, 1.54) is 12.1 Å². The lowest BCUT2D eigenvalue weighted by atomic mass is 10.2. The van der Waals surface area contributed by atoms with Crippen LogP contribution in [0.4, 0.5) is 10.1 Å². The Morgan fingerprint density at radius 2 is 2.00 bits per heavy atom. The van der Waals surface area contributed by atoms with Crippen molar-refractivity contribution in [1.82, 2.24) is 0 Å². The van der Waals surface area contributed by atoms with Gasteiger partial charge in [0.05, 0.1) is 11.7 Å². The van der Waals surface area contributed by atoms with Gasteiger partial charge < -0.3 is 14.8 Å². The molecule has 2 aromatic carbocycles. The van der Waals surface area contributed by atoms with E-state index in [4.69, 9.17) is 9.47 Å². The zero-order valence-corrected chi connectivity index (χ0v) is 12.6. The van der Waals surface area contributed by atoms with Crippen molar-refractivity contribution < 1.29 is 18.7 Å². The molecule has 120 valence electrons. The van der Waals surface area contributed by atoms with E-state index in [0.717, 1.165) is 19.4 Å². The molecule has 0 unspecified atom stereocenters. The molecule has 1 fully saturated rings. The fourth-order valence-electron chi connectivity index (χ4n) is 2.44. The molecule has 1 aliphatic heterocycles. The van der Waals surface area contributed by atoms with Gasteiger partial charge in [0, 0.05) is 12.3 Å². The molecule has 1 atom stereocenters. The van der Waals surface area contributed by atoms with Crippen LogP contribution in [-0.2, 0) is 4.74 Å². The summed E-state index contributed by atoms with van der Waals surface area (Å²) in [5.41, 5.74) is 0.605. The van der Waals surface area contributed by atoms with Gasteiger partial charge in [-0.2, -0.15) is 0 Å². The number of amides is 1. The predicted octanol–water partition coefficient (Wildman–Crippen LogP) is 3.64. The lowest BCUT2D eigenvalue weighted by molar-refractivity contribution is 0.0679. The van der Waals surface area contributed by atoms with Crippen molar-refractivity contribution in [3.63, 3.8) is 0 Å². The largest absolute Gasteiger partial charge is 0.491 e. The monoisotopic (exact) mass is 315 g/mol. The molecular formula is C18H18FNO3. The number of benzene rings is 2. The van der Waals surface area contributed by atoms with Crippen LogP contribution in [0.25, 0.3) is 0 Å². The Balaban J connectivity index is 1.56. The minimum absolute atomic E-state index is 0.0196. The first-order valence-corrected chi connectivity index (χ1v) is 7.63. The van der Waals surface area contributed by atoms with E-state index >= 15 is 0 Å². The van der Waals surface area contributed by atoms with Gasteiger partial charge in [-0.25, -0.2) is 4.39 Å². The van der Waals surface area contributed by atoms with Gasteiger partial charge in [-0.05, 0) is 49.2 Å². The van der Waals surface area contributed by atoms with E-state index in [-0.39, 0.29) is 11.7 Å². The molecule has 1 saturated heterocycles. The Labute approximate surface area is 134 Å². The van der Waals surface area contributed by atoms with Gasteiger partial charge in [0.15, 0.2) is 0 Å². The van der Waals surface area contributed by atoms with Crippen LogP contribution in [0.1, 0.15) is 23.2 Å². The molecule has 23 heavy (non-hydrogen) atoms. The summed E-state index contributed by atoms with van der Waals surface area (Å²) in [6, 6.07) is 12.9. The molecule has 0 aromatic heterocycles. The highest BCUT2D eigenvalue weighted by Gasteiger charge is 2.16. The van der Waals surface area contributed by atoms with Gasteiger partial charge in [0.2, 0.25) is 0 Å². The Morgan fingerprint density at radius 1 is 1.22 bits per heavy atom. The third-order valence-corrected chi connectivity index (χ3v) is 3.69. The van der Waals surface area contributed by atoms with Crippen molar-refractivity contribution >= 4 is 11.6 Å². The highest BCUT2D eigenvalue weighted by Crippen LogP contribution is 2.19. The molecule has 4 nitrogen and oxygen atoms in total. The van der Waals surface area contributed by atoms with Crippen molar-refractivity contribution in [2.75, 3.05) is 18.5 Å². The summed E-state index contributed by atoms with van der Waals surface area (Å²) in [5, 5.41) is 2.66. The number of rotatable bonds is 5. The maximum absolute atomic E-state index is 13.6. The lowest BCUT2D eigenvalue weighted by Crippen LogP contribution is -2.16. The van der Waals surface area contributed by atoms with Crippen LogP contribution in [-0.4, -0.2) is 25.2 Å². The first kappa shape index (κ1) is 15.5. The number of hydrogen-bond donors (Lipinski definition) is 1. The number of nitrogens with one attached hydrogen (secondary N) is 1. The van der Waals surface area contributed by atoms with Crippen LogP contribution in [0, 0.1) is 5.82 Å². The van der Waals surface area contributed by atoms with Gasteiger partial charge in [-0.1, -0.05) is 12.1 Å². The Hall–Kier alpha value is -2.40. The molecule has 0 bridgehead atoms.